The zero-order chi connectivity index (χ0) is 15.2. The maximum Gasteiger partial charge on any atom is 0.119 e. The number of benzene rings is 1. The van der Waals surface area contributed by atoms with Crippen molar-refractivity contribution >= 4 is 0 Å². The van der Waals surface area contributed by atoms with Crippen molar-refractivity contribution in [2.24, 2.45) is 0 Å². The minimum Gasteiger partial charge on any atom is -0.497 e. The molecule has 0 spiro atoms. The van der Waals surface area contributed by atoms with Crippen molar-refractivity contribution in [2.75, 3.05) is 27.2 Å². The van der Waals surface area contributed by atoms with E-state index in [0.29, 0.717) is 13.1 Å². The van der Waals surface area contributed by atoms with E-state index in [4.69, 9.17) is 4.74 Å². The third kappa shape index (κ3) is 6.89. The van der Waals surface area contributed by atoms with Gasteiger partial charge in [-0.15, -0.1) is 0 Å². The SMILES string of the molecule is COc1cccc(CN(C)CC(O)CNC(C)(C)C)c1. The molecule has 0 saturated heterocycles. The fourth-order valence-corrected chi connectivity index (χ4v) is 2.00. The number of nitrogens with one attached hydrogen (secondary N) is 1. The van der Waals surface area contributed by atoms with E-state index in [9.17, 15) is 5.11 Å². The highest BCUT2D eigenvalue weighted by Gasteiger charge is 2.13. The Balaban J connectivity index is 2.40. The molecule has 20 heavy (non-hydrogen) atoms. The topological polar surface area (TPSA) is 44.7 Å². The van der Waals surface area contributed by atoms with Gasteiger partial charge in [-0.25, -0.2) is 0 Å². The summed E-state index contributed by atoms with van der Waals surface area (Å²) in [6, 6.07) is 8.01. The summed E-state index contributed by atoms with van der Waals surface area (Å²) in [7, 11) is 3.69. The second kappa shape index (κ2) is 7.62. The van der Waals surface area contributed by atoms with E-state index < -0.39 is 0 Å². The molecule has 114 valence electrons. The lowest BCUT2D eigenvalue weighted by molar-refractivity contribution is 0.114. The highest BCUT2D eigenvalue weighted by atomic mass is 16.5. The normalized spacial score (nSPS) is 13.6. The second-order valence-electron chi connectivity index (χ2n) is 6.33. The first-order valence-corrected chi connectivity index (χ1v) is 7.05. The van der Waals surface area contributed by atoms with E-state index in [1.165, 1.54) is 5.56 Å². The maximum absolute atomic E-state index is 10.0. The fraction of sp³-hybridized carbons (Fsp3) is 0.625. The number of aliphatic hydroxyl groups excluding tert-OH is 1. The molecule has 0 amide bonds. The van der Waals surface area contributed by atoms with Crippen molar-refractivity contribution in [2.45, 2.75) is 39.0 Å². The van der Waals surface area contributed by atoms with Crippen LogP contribution in [0.4, 0.5) is 0 Å². The predicted octanol–water partition coefficient (Wildman–Crippen LogP) is 1.88. The van der Waals surface area contributed by atoms with Gasteiger partial charge in [0.25, 0.3) is 0 Å². The molecule has 0 aromatic heterocycles. The molecule has 1 atom stereocenters. The average molecular weight is 280 g/mol. The van der Waals surface area contributed by atoms with Gasteiger partial charge < -0.3 is 15.2 Å². The summed E-state index contributed by atoms with van der Waals surface area (Å²) in [6.45, 7) is 8.33. The van der Waals surface area contributed by atoms with Crippen LogP contribution in [0.25, 0.3) is 0 Å². The van der Waals surface area contributed by atoms with Crippen LogP contribution in [0, 0.1) is 0 Å². The highest BCUT2D eigenvalue weighted by Crippen LogP contribution is 2.13. The molecule has 1 rings (SSSR count). The van der Waals surface area contributed by atoms with Crippen LogP contribution in [0.1, 0.15) is 26.3 Å². The number of methoxy groups -OCH3 is 1. The summed E-state index contributed by atoms with van der Waals surface area (Å²) in [5.41, 5.74) is 1.22. The molecule has 1 unspecified atom stereocenters. The number of aliphatic hydroxyl groups is 1. The smallest absolute Gasteiger partial charge is 0.119 e. The number of ether oxygens (including phenoxy) is 1. The van der Waals surface area contributed by atoms with E-state index in [1.807, 2.05) is 25.2 Å². The Bertz CT molecular complexity index is 402. The molecular weight excluding hydrogens is 252 g/mol. The van der Waals surface area contributed by atoms with Crippen LogP contribution in [-0.2, 0) is 6.54 Å². The number of hydrogen-bond donors (Lipinski definition) is 2. The number of β-amino-alcohol motifs (C(OH)–C–C–N with tert-alkyl or cyclic N) is 1. The van der Waals surface area contributed by atoms with Gasteiger partial charge in [-0.3, -0.25) is 4.90 Å². The largest absolute Gasteiger partial charge is 0.497 e. The minimum absolute atomic E-state index is 0.0341. The minimum atomic E-state index is -0.371. The second-order valence-corrected chi connectivity index (χ2v) is 6.33. The standard InChI is InChI=1S/C16H28N2O2/c1-16(2,3)17-10-14(19)12-18(4)11-13-7-6-8-15(9-13)20-5/h6-9,14,17,19H,10-12H2,1-5H3. The first kappa shape index (κ1) is 17.0. The van der Waals surface area contributed by atoms with Crippen molar-refractivity contribution in [3.8, 4) is 5.75 Å². The highest BCUT2D eigenvalue weighted by molar-refractivity contribution is 5.28. The van der Waals surface area contributed by atoms with Crippen molar-refractivity contribution in [3.63, 3.8) is 0 Å². The van der Waals surface area contributed by atoms with Gasteiger partial charge in [-0.1, -0.05) is 12.1 Å². The summed E-state index contributed by atoms with van der Waals surface area (Å²) in [5, 5.41) is 13.3. The van der Waals surface area contributed by atoms with Crippen molar-refractivity contribution in [1.82, 2.24) is 10.2 Å². The first-order valence-electron chi connectivity index (χ1n) is 7.05. The summed E-state index contributed by atoms with van der Waals surface area (Å²) in [6.07, 6.45) is -0.371. The molecule has 1 aromatic rings. The zero-order valence-electron chi connectivity index (χ0n) is 13.3. The van der Waals surface area contributed by atoms with Crippen LogP contribution >= 0.6 is 0 Å². The molecule has 1 aromatic carbocycles. The van der Waals surface area contributed by atoms with E-state index in [2.05, 4.69) is 37.1 Å². The fourth-order valence-electron chi connectivity index (χ4n) is 2.00. The molecule has 0 aliphatic heterocycles. The Kier molecular flexibility index (Phi) is 6.46. The quantitative estimate of drug-likeness (QED) is 0.800. The molecule has 0 aliphatic carbocycles. The predicted molar refractivity (Wildman–Crippen MR) is 83.1 cm³/mol. The molecule has 0 radical (unpaired) electrons. The van der Waals surface area contributed by atoms with Gasteiger partial charge in [-0.2, -0.15) is 0 Å². The first-order chi connectivity index (χ1) is 9.30. The molecule has 0 fully saturated rings. The Morgan fingerprint density at radius 3 is 2.65 bits per heavy atom. The molecule has 0 aliphatic rings. The lowest BCUT2D eigenvalue weighted by Gasteiger charge is -2.25. The van der Waals surface area contributed by atoms with Crippen LogP contribution in [0.3, 0.4) is 0 Å². The molecule has 4 nitrogen and oxygen atoms in total. The average Bonchev–Trinajstić information content (AvgIpc) is 2.35. The number of nitrogens with zero attached hydrogens (tertiary/aromatic N) is 1. The van der Waals surface area contributed by atoms with Gasteiger partial charge in [0, 0.05) is 25.2 Å². The van der Waals surface area contributed by atoms with Gasteiger partial charge in [0.05, 0.1) is 13.2 Å². The molecule has 4 heteroatoms. The Labute approximate surface area is 122 Å². The van der Waals surface area contributed by atoms with Gasteiger partial charge in [0.15, 0.2) is 0 Å². The van der Waals surface area contributed by atoms with E-state index in [0.717, 1.165) is 12.3 Å². The number of rotatable bonds is 7. The van der Waals surface area contributed by atoms with Crippen LogP contribution in [-0.4, -0.2) is 48.9 Å². The third-order valence-corrected chi connectivity index (χ3v) is 2.98. The summed E-state index contributed by atoms with van der Waals surface area (Å²) >= 11 is 0. The van der Waals surface area contributed by atoms with Crippen molar-refractivity contribution in [1.29, 1.82) is 0 Å². The van der Waals surface area contributed by atoms with Crippen LogP contribution in [0.15, 0.2) is 24.3 Å². The van der Waals surface area contributed by atoms with Crippen LogP contribution in [0.5, 0.6) is 5.75 Å². The van der Waals surface area contributed by atoms with E-state index in [-0.39, 0.29) is 11.6 Å². The van der Waals surface area contributed by atoms with Crippen LogP contribution < -0.4 is 10.1 Å². The molecule has 2 N–H and O–H groups in total. The third-order valence-electron chi connectivity index (χ3n) is 2.98. The van der Waals surface area contributed by atoms with Gasteiger partial charge in [0.1, 0.15) is 5.75 Å². The Hall–Kier alpha value is -1.10. The summed E-state index contributed by atoms with van der Waals surface area (Å²) in [5.74, 6) is 0.867. The van der Waals surface area contributed by atoms with Crippen molar-refractivity contribution < 1.29 is 9.84 Å². The van der Waals surface area contributed by atoms with Crippen molar-refractivity contribution in [3.05, 3.63) is 29.8 Å². The van der Waals surface area contributed by atoms with Gasteiger partial charge >= 0.3 is 0 Å². The Morgan fingerprint density at radius 1 is 1.35 bits per heavy atom. The van der Waals surface area contributed by atoms with E-state index >= 15 is 0 Å². The number of likely N-dealkylation sites (N-methyl/N-ethyl adjacent to an activating group) is 1. The lowest BCUT2D eigenvalue weighted by atomic mass is 10.1. The molecule has 0 bridgehead atoms. The molecule has 0 heterocycles. The monoisotopic (exact) mass is 280 g/mol. The summed E-state index contributed by atoms with van der Waals surface area (Å²) < 4.78 is 5.22. The Morgan fingerprint density at radius 2 is 2.05 bits per heavy atom. The summed E-state index contributed by atoms with van der Waals surface area (Å²) in [4.78, 5) is 2.11. The lowest BCUT2D eigenvalue weighted by Crippen LogP contribution is -2.44. The van der Waals surface area contributed by atoms with E-state index in [1.54, 1.807) is 7.11 Å². The van der Waals surface area contributed by atoms with Gasteiger partial charge in [-0.05, 0) is 45.5 Å². The zero-order valence-corrected chi connectivity index (χ0v) is 13.3. The van der Waals surface area contributed by atoms with Crippen LogP contribution in [0.2, 0.25) is 0 Å². The number of hydrogen-bond acceptors (Lipinski definition) is 4. The molecule has 0 saturated carbocycles. The van der Waals surface area contributed by atoms with Gasteiger partial charge in [0.2, 0.25) is 0 Å². The maximum atomic E-state index is 10.0. The molecular formula is C16H28N2O2.